The van der Waals surface area contributed by atoms with E-state index >= 15 is 0 Å². The molecule has 0 spiro atoms. The van der Waals surface area contributed by atoms with Gasteiger partial charge in [0, 0.05) is 0 Å². The SMILES string of the molecule is CC1CC2(O)CCCCC12. The maximum absolute atomic E-state index is 9.90. The topological polar surface area (TPSA) is 20.2 Å². The second kappa shape index (κ2) is 1.97. The van der Waals surface area contributed by atoms with Crippen LogP contribution in [0.5, 0.6) is 0 Å². The molecule has 58 valence electrons. The molecule has 0 saturated heterocycles. The van der Waals surface area contributed by atoms with Crippen LogP contribution in [-0.4, -0.2) is 10.7 Å². The first-order valence-corrected chi connectivity index (χ1v) is 4.45. The molecule has 3 unspecified atom stereocenters. The Bertz CT molecular complexity index is 140. The first-order valence-electron chi connectivity index (χ1n) is 4.45. The highest BCUT2D eigenvalue weighted by atomic mass is 16.3. The zero-order chi connectivity index (χ0) is 7.19. The van der Waals surface area contributed by atoms with Crippen molar-refractivity contribution in [1.29, 1.82) is 0 Å². The second-order valence-electron chi connectivity index (χ2n) is 4.14. The monoisotopic (exact) mass is 140 g/mol. The van der Waals surface area contributed by atoms with Gasteiger partial charge < -0.3 is 5.11 Å². The van der Waals surface area contributed by atoms with Crippen molar-refractivity contribution >= 4 is 0 Å². The number of rotatable bonds is 0. The molecule has 2 aliphatic rings. The third-order valence-corrected chi connectivity index (χ3v) is 3.43. The average molecular weight is 140 g/mol. The van der Waals surface area contributed by atoms with Gasteiger partial charge in [0.2, 0.25) is 0 Å². The maximum Gasteiger partial charge on any atom is 0.0681 e. The predicted octanol–water partition coefficient (Wildman–Crippen LogP) is 1.95. The minimum atomic E-state index is -0.211. The van der Waals surface area contributed by atoms with Gasteiger partial charge in [-0.25, -0.2) is 0 Å². The molecule has 1 N–H and O–H groups in total. The number of aliphatic hydroxyl groups is 1. The standard InChI is InChI=1S/C9H16O/c1-7-6-9(10)5-3-2-4-8(7)9/h7-8,10H,2-6H2,1H3. The van der Waals surface area contributed by atoms with E-state index in [1.165, 1.54) is 19.3 Å². The van der Waals surface area contributed by atoms with E-state index in [1.54, 1.807) is 0 Å². The molecular formula is C9H16O. The van der Waals surface area contributed by atoms with Crippen molar-refractivity contribution in [2.75, 3.05) is 0 Å². The first-order chi connectivity index (χ1) is 4.72. The molecule has 1 heteroatoms. The Labute approximate surface area is 62.4 Å². The quantitative estimate of drug-likeness (QED) is 0.545. The highest BCUT2D eigenvalue weighted by molar-refractivity contribution is 5.02. The van der Waals surface area contributed by atoms with Gasteiger partial charge in [-0.1, -0.05) is 19.8 Å². The van der Waals surface area contributed by atoms with Crippen molar-refractivity contribution in [3.63, 3.8) is 0 Å². The van der Waals surface area contributed by atoms with Crippen molar-refractivity contribution in [2.24, 2.45) is 11.8 Å². The fraction of sp³-hybridized carbons (Fsp3) is 1.00. The van der Waals surface area contributed by atoms with E-state index in [0.29, 0.717) is 5.92 Å². The van der Waals surface area contributed by atoms with Gasteiger partial charge in [-0.15, -0.1) is 0 Å². The maximum atomic E-state index is 9.90. The summed E-state index contributed by atoms with van der Waals surface area (Å²) in [4.78, 5) is 0. The van der Waals surface area contributed by atoms with Gasteiger partial charge in [-0.05, 0) is 31.1 Å². The second-order valence-corrected chi connectivity index (χ2v) is 4.14. The van der Waals surface area contributed by atoms with E-state index in [9.17, 15) is 5.11 Å². The van der Waals surface area contributed by atoms with E-state index in [0.717, 1.165) is 18.8 Å². The highest BCUT2D eigenvalue weighted by Gasteiger charge is 2.50. The van der Waals surface area contributed by atoms with Crippen molar-refractivity contribution in [3.8, 4) is 0 Å². The minimum Gasteiger partial charge on any atom is -0.390 e. The third kappa shape index (κ3) is 0.731. The van der Waals surface area contributed by atoms with Crippen LogP contribution in [0.2, 0.25) is 0 Å². The summed E-state index contributed by atoms with van der Waals surface area (Å²) >= 11 is 0. The molecule has 2 rings (SSSR count). The first kappa shape index (κ1) is 6.66. The number of hydrogen-bond donors (Lipinski definition) is 1. The van der Waals surface area contributed by atoms with E-state index in [4.69, 9.17) is 0 Å². The molecule has 0 aromatic heterocycles. The molecule has 10 heavy (non-hydrogen) atoms. The summed E-state index contributed by atoms with van der Waals surface area (Å²) in [5.41, 5.74) is -0.211. The average Bonchev–Trinajstić information content (AvgIpc) is 1.86. The van der Waals surface area contributed by atoms with Gasteiger partial charge in [0.15, 0.2) is 0 Å². The molecule has 0 bridgehead atoms. The molecule has 2 aliphatic carbocycles. The Morgan fingerprint density at radius 1 is 1.40 bits per heavy atom. The molecule has 0 radical (unpaired) electrons. The van der Waals surface area contributed by atoms with Gasteiger partial charge in [-0.2, -0.15) is 0 Å². The van der Waals surface area contributed by atoms with Crippen molar-refractivity contribution in [1.82, 2.24) is 0 Å². The van der Waals surface area contributed by atoms with Crippen molar-refractivity contribution in [2.45, 2.75) is 44.6 Å². The van der Waals surface area contributed by atoms with E-state index < -0.39 is 0 Å². The number of hydrogen-bond acceptors (Lipinski definition) is 1. The van der Waals surface area contributed by atoms with E-state index in [1.807, 2.05) is 0 Å². The van der Waals surface area contributed by atoms with Gasteiger partial charge >= 0.3 is 0 Å². The lowest BCUT2D eigenvalue weighted by molar-refractivity contribution is -0.155. The Hall–Kier alpha value is -0.0400. The predicted molar refractivity (Wildman–Crippen MR) is 40.7 cm³/mol. The fourth-order valence-corrected chi connectivity index (χ4v) is 2.86. The molecule has 0 amide bonds. The molecule has 3 atom stereocenters. The summed E-state index contributed by atoms with van der Waals surface area (Å²) in [6, 6.07) is 0. The normalized spacial score (nSPS) is 53.4. The van der Waals surface area contributed by atoms with Crippen LogP contribution in [0.25, 0.3) is 0 Å². The van der Waals surface area contributed by atoms with Crippen LogP contribution in [0, 0.1) is 11.8 Å². The lowest BCUT2D eigenvalue weighted by Gasteiger charge is -2.53. The molecule has 2 fully saturated rings. The van der Waals surface area contributed by atoms with Gasteiger partial charge in [-0.3, -0.25) is 0 Å². The lowest BCUT2D eigenvalue weighted by atomic mass is 9.56. The molecule has 2 saturated carbocycles. The Kier molecular flexibility index (Phi) is 1.31. The summed E-state index contributed by atoms with van der Waals surface area (Å²) in [7, 11) is 0. The summed E-state index contributed by atoms with van der Waals surface area (Å²) in [5, 5.41) is 9.90. The van der Waals surface area contributed by atoms with Gasteiger partial charge in [0.1, 0.15) is 0 Å². The smallest absolute Gasteiger partial charge is 0.0681 e. The van der Waals surface area contributed by atoms with E-state index in [-0.39, 0.29) is 5.60 Å². The van der Waals surface area contributed by atoms with Crippen LogP contribution in [0.4, 0.5) is 0 Å². The Morgan fingerprint density at radius 2 is 2.20 bits per heavy atom. The Balaban J connectivity index is 2.06. The van der Waals surface area contributed by atoms with Gasteiger partial charge in [0.25, 0.3) is 0 Å². The van der Waals surface area contributed by atoms with Crippen LogP contribution in [-0.2, 0) is 0 Å². The number of fused-ring (bicyclic) bond motifs is 1. The third-order valence-electron chi connectivity index (χ3n) is 3.43. The summed E-state index contributed by atoms with van der Waals surface area (Å²) in [6.45, 7) is 2.27. The van der Waals surface area contributed by atoms with Crippen LogP contribution >= 0.6 is 0 Å². The van der Waals surface area contributed by atoms with Crippen LogP contribution in [0.15, 0.2) is 0 Å². The fourth-order valence-electron chi connectivity index (χ4n) is 2.86. The zero-order valence-corrected chi connectivity index (χ0v) is 6.64. The zero-order valence-electron chi connectivity index (χ0n) is 6.64. The molecule has 0 heterocycles. The molecule has 1 nitrogen and oxygen atoms in total. The van der Waals surface area contributed by atoms with Crippen LogP contribution in [0.3, 0.4) is 0 Å². The van der Waals surface area contributed by atoms with E-state index in [2.05, 4.69) is 6.92 Å². The molecular weight excluding hydrogens is 124 g/mol. The minimum absolute atomic E-state index is 0.211. The highest BCUT2D eigenvalue weighted by Crippen LogP contribution is 2.51. The summed E-state index contributed by atoms with van der Waals surface area (Å²) < 4.78 is 0. The summed E-state index contributed by atoms with van der Waals surface area (Å²) in [6.07, 6.45) is 6.01. The summed E-state index contributed by atoms with van der Waals surface area (Å²) in [5.74, 6) is 1.45. The largest absolute Gasteiger partial charge is 0.390 e. The van der Waals surface area contributed by atoms with Crippen LogP contribution in [0.1, 0.15) is 39.0 Å². The van der Waals surface area contributed by atoms with Gasteiger partial charge in [0.05, 0.1) is 5.60 Å². The molecule has 0 aromatic rings. The lowest BCUT2D eigenvalue weighted by Crippen LogP contribution is -2.54. The van der Waals surface area contributed by atoms with Crippen molar-refractivity contribution in [3.05, 3.63) is 0 Å². The Morgan fingerprint density at radius 3 is 2.70 bits per heavy atom. The molecule has 0 aromatic carbocycles. The molecule has 0 aliphatic heterocycles. The van der Waals surface area contributed by atoms with Crippen LogP contribution < -0.4 is 0 Å². The van der Waals surface area contributed by atoms with Crippen molar-refractivity contribution < 1.29 is 5.11 Å².